The van der Waals surface area contributed by atoms with Crippen LogP contribution in [-0.2, 0) is 11.2 Å². The highest BCUT2D eigenvalue weighted by molar-refractivity contribution is 7.16. The third-order valence-electron chi connectivity index (χ3n) is 3.94. The van der Waals surface area contributed by atoms with Crippen LogP contribution < -0.4 is 9.47 Å². The van der Waals surface area contributed by atoms with E-state index < -0.39 is 0 Å². The lowest BCUT2D eigenvalue weighted by Gasteiger charge is -2.31. The Kier molecular flexibility index (Phi) is 5.63. The van der Waals surface area contributed by atoms with Gasteiger partial charge in [0.25, 0.3) is 0 Å². The van der Waals surface area contributed by atoms with Crippen LogP contribution >= 0.6 is 22.9 Å². The topological polar surface area (TPSA) is 38.8 Å². The monoisotopic (exact) mass is 365 g/mol. The third-order valence-corrected chi connectivity index (χ3v) is 5.23. The standard InChI is InChI=1S/C18H20ClNO3S/c1-2-20(18(21)10-8-14-7-9-17(19)24-14)11-13-12-22-15-5-3-4-6-16(15)23-13/h3-7,9,13H,2,8,10-12H2,1H3. The number of hydrogen-bond acceptors (Lipinski definition) is 4. The maximum atomic E-state index is 12.5. The van der Waals surface area contributed by atoms with Gasteiger partial charge in [0, 0.05) is 17.8 Å². The zero-order chi connectivity index (χ0) is 16.9. The van der Waals surface area contributed by atoms with E-state index >= 15 is 0 Å². The van der Waals surface area contributed by atoms with Gasteiger partial charge in [0.05, 0.1) is 10.9 Å². The summed E-state index contributed by atoms with van der Waals surface area (Å²) in [5.74, 6) is 1.63. The van der Waals surface area contributed by atoms with E-state index in [0.29, 0.717) is 26.1 Å². The molecule has 1 atom stereocenters. The summed E-state index contributed by atoms with van der Waals surface area (Å²) >= 11 is 7.46. The first-order chi connectivity index (χ1) is 11.7. The molecular weight excluding hydrogens is 346 g/mol. The van der Waals surface area contributed by atoms with Gasteiger partial charge >= 0.3 is 0 Å². The second-order valence-electron chi connectivity index (χ2n) is 5.64. The highest BCUT2D eigenvalue weighted by Crippen LogP contribution is 2.31. The minimum absolute atomic E-state index is 0.129. The van der Waals surface area contributed by atoms with Crippen LogP contribution in [0.3, 0.4) is 0 Å². The lowest BCUT2D eigenvalue weighted by Crippen LogP contribution is -2.43. The summed E-state index contributed by atoms with van der Waals surface area (Å²) in [5.41, 5.74) is 0. The first-order valence-corrected chi connectivity index (χ1v) is 9.25. The summed E-state index contributed by atoms with van der Waals surface area (Å²) in [6.07, 6.45) is 1.06. The van der Waals surface area contributed by atoms with Crippen molar-refractivity contribution in [2.24, 2.45) is 0 Å². The predicted molar refractivity (Wildman–Crippen MR) is 96.3 cm³/mol. The SMILES string of the molecule is CCN(CC1COc2ccccc2O1)C(=O)CCc1ccc(Cl)s1. The number of nitrogens with zero attached hydrogens (tertiary/aromatic N) is 1. The van der Waals surface area contributed by atoms with Gasteiger partial charge in [-0.15, -0.1) is 11.3 Å². The molecule has 6 heteroatoms. The lowest BCUT2D eigenvalue weighted by atomic mass is 10.2. The van der Waals surface area contributed by atoms with Crippen molar-refractivity contribution in [1.29, 1.82) is 0 Å². The number of ether oxygens (including phenoxy) is 2. The van der Waals surface area contributed by atoms with Gasteiger partial charge in [-0.1, -0.05) is 23.7 Å². The Hall–Kier alpha value is -1.72. The molecule has 1 unspecified atom stereocenters. The van der Waals surface area contributed by atoms with Crippen molar-refractivity contribution in [1.82, 2.24) is 4.90 Å². The van der Waals surface area contributed by atoms with Crippen molar-refractivity contribution in [3.63, 3.8) is 0 Å². The summed E-state index contributed by atoms with van der Waals surface area (Å²) in [5, 5.41) is 0. The molecule has 0 saturated heterocycles. The highest BCUT2D eigenvalue weighted by atomic mass is 35.5. The highest BCUT2D eigenvalue weighted by Gasteiger charge is 2.24. The van der Waals surface area contributed by atoms with E-state index in [1.165, 1.54) is 11.3 Å². The molecule has 1 aliphatic heterocycles. The maximum Gasteiger partial charge on any atom is 0.223 e. The zero-order valence-electron chi connectivity index (χ0n) is 13.5. The normalized spacial score (nSPS) is 16.0. The molecule has 24 heavy (non-hydrogen) atoms. The number of rotatable bonds is 6. The van der Waals surface area contributed by atoms with Crippen molar-refractivity contribution in [3.8, 4) is 11.5 Å². The van der Waals surface area contributed by atoms with E-state index in [1.54, 1.807) is 0 Å². The number of carbonyl (C=O) groups excluding carboxylic acids is 1. The van der Waals surface area contributed by atoms with Gasteiger partial charge in [0.15, 0.2) is 17.6 Å². The molecule has 2 heterocycles. The van der Waals surface area contributed by atoms with Crippen molar-refractivity contribution < 1.29 is 14.3 Å². The summed E-state index contributed by atoms with van der Waals surface area (Å²) < 4.78 is 12.4. The van der Waals surface area contributed by atoms with Crippen LogP contribution in [0.15, 0.2) is 36.4 Å². The van der Waals surface area contributed by atoms with Crippen molar-refractivity contribution in [2.45, 2.75) is 25.9 Å². The first-order valence-electron chi connectivity index (χ1n) is 8.06. The van der Waals surface area contributed by atoms with Crippen LogP contribution in [0.25, 0.3) is 0 Å². The average molecular weight is 366 g/mol. The summed E-state index contributed by atoms with van der Waals surface area (Å²) in [4.78, 5) is 15.4. The van der Waals surface area contributed by atoms with Gasteiger partial charge in [-0.2, -0.15) is 0 Å². The van der Waals surface area contributed by atoms with E-state index in [9.17, 15) is 4.79 Å². The van der Waals surface area contributed by atoms with Crippen LogP contribution in [0.4, 0.5) is 0 Å². The van der Waals surface area contributed by atoms with E-state index in [0.717, 1.165) is 27.1 Å². The number of halogens is 1. The molecular formula is C18H20ClNO3S. The predicted octanol–water partition coefficient (Wildman–Crippen LogP) is 4.02. The average Bonchev–Trinajstić information content (AvgIpc) is 3.02. The summed E-state index contributed by atoms with van der Waals surface area (Å²) in [6.45, 7) is 3.64. The summed E-state index contributed by atoms with van der Waals surface area (Å²) in [6, 6.07) is 11.5. The number of para-hydroxylation sites is 2. The van der Waals surface area contributed by atoms with Crippen molar-refractivity contribution in [3.05, 3.63) is 45.6 Å². The second kappa shape index (κ2) is 7.90. The van der Waals surface area contributed by atoms with Crippen LogP contribution in [0, 0.1) is 0 Å². The Morgan fingerprint density at radius 2 is 2.08 bits per heavy atom. The number of amides is 1. The molecule has 128 valence electrons. The van der Waals surface area contributed by atoms with Gasteiger partial charge in [-0.3, -0.25) is 4.79 Å². The maximum absolute atomic E-state index is 12.5. The molecule has 1 amide bonds. The molecule has 3 rings (SSSR count). The van der Waals surface area contributed by atoms with E-state index in [-0.39, 0.29) is 12.0 Å². The Labute approximate surface area is 150 Å². The van der Waals surface area contributed by atoms with Gasteiger partial charge < -0.3 is 14.4 Å². The third kappa shape index (κ3) is 4.22. The van der Waals surface area contributed by atoms with Gasteiger partial charge in [-0.25, -0.2) is 0 Å². The van der Waals surface area contributed by atoms with Crippen molar-refractivity contribution >= 4 is 28.8 Å². The molecule has 0 radical (unpaired) electrons. The second-order valence-corrected chi connectivity index (χ2v) is 7.44. The zero-order valence-corrected chi connectivity index (χ0v) is 15.1. The van der Waals surface area contributed by atoms with Gasteiger partial charge in [-0.05, 0) is 37.6 Å². The quantitative estimate of drug-likeness (QED) is 0.776. The van der Waals surface area contributed by atoms with Crippen molar-refractivity contribution in [2.75, 3.05) is 19.7 Å². The molecule has 0 N–H and O–H groups in total. The fourth-order valence-electron chi connectivity index (χ4n) is 2.68. The number of benzene rings is 1. The molecule has 0 spiro atoms. The number of carbonyl (C=O) groups is 1. The number of fused-ring (bicyclic) bond motifs is 1. The summed E-state index contributed by atoms with van der Waals surface area (Å²) in [7, 11) is 0. The molecule has 0 bridgehead atoms. The Bertz CT molecular complexity index is 703. The smallest absolute Gasteiger partial charge is 0.223 e. The minimum atomic E-state index is -0.139. The molecule has 2 aromatic rings. The number of hydrogen-bond donors (Lipinski definition) is 0. The fourth-order valence-corrected chi connectivity index (χ4v) is 3.77. The van der Waals surface area contributed by atoms with Crippen LogP contribution in [0.5, 0.6) is 11.5 Å². The fraction of sp³-hybridized carbons (Fsp3) is 0.389. The molecule has 1 aliphatic rings. The molecule has 4 nitrogen and oxygen atoms in total. The lowest BCUT2D eigenvalue weighted by molar-refractivity contribution is -0.132. The number of likely N-dealkylation sites (N-methyl/N-ethyl adjacent to an activating group) is 1. The molecule has 1 aromatic heterocycles. The van der Waals surface area contributed by atoms with Gasteiger partial charge in [0.2, 0.25) is 5.91 Å². The van der Waals surface area contributed by atoms with Crippen LogP contribution in [0.1, 0.15) is 18.2 Å². The van der Waals surface area contributed by atoms with E-state index in [1.807, 2.05) is 48.2 Å². The largest absolute Gasteiger partial charge is 0.486 e. The number of thiophene rings is 1. The Morgan fingerprint density at radius 3 is 2.79 bits per heavy atom. The van der Waals surface area contributed by atoms with E-state index in [2.05, 4.69) is 0 Å². The molecule has 0 fully saturated rings. The molecule has 1 aromatic carbocycles. The molecule has 0 aliphatic carbocycles. The van der Waals surface area contributed by atoms with Crippen LogP contribution in [0.2, 0.25) is 4.34 Å². The Balaban J connectivity index is 1.53. The van der Waals surface area contributed by atoms with E-state index in [4.69, 9.17) is 21.1 Å². The van der Waals surface area contributed by atoms with Crippen LogP contribution in [-0.4, -0.2) is 36.6 Å². The number of aryl methyl sites for hydroxylation is 1. The van der Waals surface area contributed by atoms with Gasteiger partial charge in [0.1, 0.15) is 6.61 Å². The minimum Gasteiger partial charge on any atom is -0.486 e. The molecule has 0 saturated carbocycles. The Morgan fingerprint density at radius 1 is 1.29 bits per heavy atom. The first kappa shape index (κ1) is 17.1.